The molecule has 0 spiro atoms. The van der Waals surface area contributed by atoms with Crippen LogP contribution < -0.4 is 0 Å². The van der Waals surface area contributed by atoms with E-state index in [0.29, 0.717) is 5.92 Å². The molecule has 4 rings (SSSR count). The van der Waals surface area contributed by atoms with E-state index in [0.717, 1.165) is 31.6 Å². The van der Waals surface area contributed by atoms with Crippen LogP contribution in [0.1, 0.15) is 55.3 Å². The first-order chi connectivity index (χ1) is 12.2. The van der Waals surface area contributed by atoms with Crippen molar-refractivity contribution < 1.29 is 0 Å². The van der Waals surface area contributed by atoms with Crippen LogP contribution in [-0.2, 0) is 26.6 Å². The van der Waals surface area contributed by atoms with Crippen LogP contribution in [0.15, 0.2) is 24.3 Å². The molecule has 25 heavy (non-hydrogen) atoms. The molecule has 5 nitrogen and oxygen atoms in total. The van der Waals surface area contributed by atoms with E-state index in [-0.39, 0.29) is 0 Å². The monoisotopic (exact) mass is 337 g/mol. The maximum absolute atomic E-state index is 4.65. The molecule has 1 N–H and O–H groups in total. The summed E-state index contributed by atoms with van der Waals surface area (Å²) in [5.74, 6) is 0.530. The lowest BCUT2D eigenvalue weighted by Gasteiger charge is -2.27. The van der Waals surface area contributed by atoms with Crippen molar-refractivity contribution in [2.75, 3.05) is 6.54 Å². The predicted octanol–water partition coefficient (Wildman–Crippen LogP) is 3.76. The largest absolute Gasteiger partial charge is 0.293 e. The van der Waals surface area contributed by atoms with E-state index >= 15 is 0 Å². The van der Waals surface area contributed by atoms with Gasteiger partial charge in [-0.05, 0) is 12.5 Å². The number of hydrogen-bond acceptors (Lipinski definition) is 3. The number of aromatic nitrogens is 4. The van der Waals surface area contributed by atoms with Gasteiger partial charge in [0.05, 0.1) is 16.9 Å². The fourth-order valence-electron chi connectivity index (χ4n) is 4.09. The number of aryl methyl sites for hydroxylation is 1. The first kappa shape index (κ1) is 16.3. The Hall–Kier alpha value is -2.14. The smallest absolute Gasteiger partial charge is 0.0926 e. The van der Waals surface area contributed by atoms with Gasteiger partial charge in [0.2, 0.25) is 0 Å². The highest BCUT2D eigenvalue weighted by Crippen LogP contribution is 2.29. The minimum Gasteiger partial charge on any atom is -0.293 e. The van der Waals surface area contributed by atoms with E-state index in [4.69, 9.17) is 0 Å². The van der Waals surface area contributed by atoms with Crippen LogP contribution in [0.25, 0.3) is 10.9 Å². The topological polar surface area (TPSA) is 49.7 Å². The van der Waals surface area contributed by atoms with E-state index in [1.165, 1.54) is 40.9 Å². The molecule has 0 unspecified atom stereocenters. The Balaban J connectivity index is 1.58. The first-order valence-corrected chi connectivity index (χ1v) is 9.36. The van der Waals surface area contributed by atoms with Gasteiger partial charge in [-0.15, -0.1) is 0 Å². The van der Waals surface area contributed by atoms with Crippen molar-refractivity contribution in [2.45, 2.75) is 52.1 Å². The van der Waals surface area contributed by atoms with Crippen LogP contribution in [0.2, 0.25) is 0 Å². The average molecular weight is 337 g/mol. The van der Waals surface area contributed by atoms with Gasteiger partial charge in [-0.25, -0.2) is 0 Å². The highest BCUT2D eigenvalue weighted by atomic mass is 15.3. The number of benzene rings is 1. The van der Waals surface area contributed by atoms with Crippen molar-refractivity contribution in [3.05, 3.63) is 46.9 Å². The Morgan fingerprint density at radius 2 is 2.12 bits per heavy atom. The summed E-state index contributed by atoms with van der Waals surface area (Å²) in [6.45, 7) is 7.53. The number of nitrogens with zero attached hydrogens (tertiary/aromatic N) is 4. The van der Waals surface area contributed by atoms with Gasteiger partial charge in [0.25, 0.3) is 0 Å². The van der Waals surface area contributed by atoms with Crippen molar-refractivity contribution in [3.8, 4) is 0 Å². The maximum Gasteiger partial charge on any atom is 0.0926 e. The highest BCUT2D eigenvalue weighted by Gasteiger charge is 2.25. The van der Waals surface area contributed by atoms with E-state index in [1.54, 1.807) is 0 Å². The molecule has 0 aliphatic carbocycles. The summed E-state index contributed by atoms with van der Waals surface area (Å²) < 4.78 is 2.04. The molecule has 0 radical (unpaired) electrons. The number of hydrogen-bond donors (Lipinski definition) is 1. The standard InChI is InChI=1S/C20H27N5/c1-4-7-14(2)20-16-12-25(11-10-17(16)21-22-20)13-19-15-8-5-6-9-18(15)23-24(19)3/h5-6,8-9,14H,4,7,10-13H2,1-3H3,(H,21,22)/t14-/m1/s1. The zero-order chi connectivity index (χ0) is 17.4. The lowest BCUT2D eigenvalue weighted by molar-refractivity contribution is 0.238. The Morgan fingerprint density at radius 1 is 1.28 bits per heavy atom. The summed E-state index contributed by atoms with van der Waals surface area (Å²) in [4.78, 5) is 2.53. The molecule has 0 bridgehead atoms. The third-order valence-corrected chi connectivity index (χ3v) is 5.47. The molecule has 132 valence electrons. The molecular formula is C20H27N5. The Bertz CT molecular complexity index is 875. The number of aromatic amines is 1. The molecule has 5 heteroatoms. The van der Waals surface area contributed by atoms with E-state index in [9.17, 15) is 0 Å². The lowest BCUT2D eigenvalue weighted by atomic mass is 9.95. The molecule has 1 aliphatic heterocycles. The maximum atomic E-state index is 4.65. The van der Waals surface area contributed by atoms with Crippen LogP contribution in [0.3, 0.4) is 0 Å². The van der Waals surface area contributed by atoms with Crippen molar-refractivity contribution in [2.24, 2.45) is 7.05 Å². The van der Waals surface area contributed by atoms with Crippen LogP contribution in [-0.4, -0.2) is 31.4 Å². The zero-order valence-electron chi connectivity index (χ0n) is 15.4. The third-order valence-electron chi connectivity index (χ3n) is 5.47. The van der Waals surface area contributed by atoms with Crippen molar-refractivity contribution in [3.63, 3.8) is 0 Å². The lowest BCUT2D eigenvalue weighted by Crippen LogP contribution is -2.31. The zero-order valence-corrected chi connectivity index (χ0v) is 15.4. The fraction of sp³-hybridized carbons (Fsp3) is 0.500. The summed E-state index contributed by atoms with van der Waals surface area (Å²) >= 11 is 0. The number of nitrogens with one attached hydrogen (secondary N) is 1. The molecule has 3 aromatic rings. The second-order valence-corrected chi connectivity index (χ2v) is 7.30. The van der Waals surface area contributed by atoms with Gasteiger partial charge in [0, 0.05) is 55.7 Å². The summed E-state index contributed by atoms with van der Waals surface area (Å²) in [5, 5.41) is 13.9. The summed E-state index contributed by atoms with van der Waals surface area (Å²) in [7, 11) is 2.05. The van der Waals surface area contributed by atoms with Gasteiger partial charge in [0.1, 0.15) is 0 Å². The quantitative estimate of drug-likeness (QED) is 0.771. The van der Waals surface area contributed by atoms with Crippen molar-refractivity contribution in [1.29, 1.82) is 0 Å². The number of fused-ring (bicyclic) bond motifs is 2. The van der Waals surface area contributed by atoms with Gasteiger partial charge in [-0.1, -0.05) is 38.5 Å². The molecule has 2 aromatic heterocycles. The van der Waals surface area contributed by atoms with E-state index < -0.39 is 0 Å². The van der Waals surface area contributed by atoms with Crippen molar-refractivity contribution >= 4 is 10.9 Å². The molecule has 1 aliphatic rings. The Morgan fingerprint density at radius 3 is 2.96 bits per heavy atom. The molecule has 3 heterocycles. The average Bonchev–Trinajstić information content (AvgIpc) is 3.16. The Labute approximate surface area is 149 Å². The van der Waals surface area contributed by atoms with Gasteiger partial charge in [-0.2, -0.15) is 10.2 Å². The molecule has 1 atom stereocenters. The second kappa shape index (κ2) is 6.64. The highest BCUT2D eigenvalue weighted by molar-refractivity contribution is 5.81. The van der Waals surface area contributed by atoms with Crippen LogP contribution in [0.4, 0.5) is 0 Å². The van der Waals surface area contributed by atoms with Crippen LogP contribution in [0.5, 0.6) is 0 Å². The minimum absolute atomic E-state index is 0.530. The van der Waals surface area contributed by atoms with E-state index in [2.05, 4.69) is 65.4 Å². The van der Waals surface area contributed by atoms with Gasteiger partial charge >= 0.3 is 0 Å². The van der Waals surface area contributed by atoms with Crippen molar-refractivity contribution in [1.82, 2.24) is 24.9 Å². The van der Waals surface area contributed by atoms with Gasteiger partial charge in [-0.3, -0.25) is 14.7 Å². The van der Waals surface area contributed by atoms with Crippen LogP contribution >= 0.6 is 0 Å². The third kappa shape index (κ3) is 2.97. The molecule has 0 saturated carbocycles. The summed E-state index contributed by atoms with van der Waals surface area (Å²) in [6, 6.07) is 8.43. The van der Waals surface area contributed by atoms with Crippen LogP contribution in [0, 0.1) is 0 Å². The fourth-order valence-corrected chi connectivity index (χ4v) is 4.09. The molecular weight excluding hydrogens is 310 g/mol. The SMILES string of the molecule is CCC[C@@H](C)c1n[nH]c2c1CN(Cc1c3ccccc3nn1C)CC2. The molecule has 0 fully saturated rings. The van der Waals surface area contributed by atoms with Gasteiger partial charge < -0.3 is 0 Å². The minimum atomic E-state index is 0.530. The summed E-state index contributed by atoms with van der Waals surface area (Å²) in [5.41, 5.74) is 6.42. The number of H-pyrrole nitrogens is 1. The summed E-state index contributed by atoms with van der Waals surface area (Å²) in [6.07, 6.45) is 3.45. The molecule has 1 aromatic carbocycles. The molecule has 0 amide bonds. The number of rotatable bonds is 5. The van der Waals surface area contributed by atoms with Gasteiger partial charge in [0.15, 0.2) is 0 Å². The molecule has 0 saturated heterocycles. The van der Waals surface area contributed by atoms with E-state index in [1.807, 2.05) is 4.68 Å². The normalized spacial score (nSPS) is 16.3. The predicted molar refractivity (Wildman–Crippen MR) is 100 cm³/mol. The first-order valence-electron chi connectivity index (χ1n) is 9.36. The Kier molecular flexibility index (Phi) is 4.34. The second-order valence-electron chi connectivity index (χ2n) is 7.30.